The average molecular weight is 312 g/mol. The maximum Gasteiger partial charge on any atom is 0.123 e. The van der Waals surface area contributed by atoms with Gasteiger partial charge in [0.05, 0.1) is 7.11 Å². The van der Waals surface area contributed by atoms with E-state index in [9.17, 15) is 0 Å². The maximum absolute atomic E-state index is 5.61. The van der Waals surface area contributed by atoms with Crippen molar-refractivity contribution in [2.45, 2.75) is 45.6 Å². The minimum absolute atomic E-state index is 0.156. The van der Waals surface area contributed by atoms with Gasteiger partial charge in [-0.3, -0.25) is 0 Å². The van der Waals surface area contributed by atoms with Crippen LogP contribution in [0.4, 0.5) is 0 Å². The van der Waals surface area contributed by atoms with Crippen LogP contribution < -0.4 is 10.1 Å². The van der Waals surface area contributed by atoms with Gasteiger partial charge in [0, 0.05) is 16.1 Å². The standard InChI is InChI=1S/C15H22BrNO/c1-6-17-10-8-15(3,4)13-11(18-5)7-9(2)14(16)12(10)13/h7,10,17H,6,8H2,1-5H3. The lowest BCUT2D eigenvalue weighted by atomic mass is 9.85. The molecule has 1 aliphatic rings. The number of hydrogen-bond donors (Lipinski definition) is 1. The molecule has 0 aliphatic heterocycles. The first-order valence-corrected chi connectivity index (χ1v) is 7.32. The molecule has 1 aliphatic carbocycles. The summed E-state index contributed by atoms with van der Waals surface area (Å²) in [5.74, 6) is 1.02. The second-order valence-electron chi connectivity index (χ2n) is 5.70. The summed E-state index contributed by atoms with van der Waals surface area (Å²) < 4.78 is 6.84. The van der Waals surface area contributed by atoms with Crippen LogP contribution in [0.1, 0.15) is 49.9 Å². The highest BCUT2D eigenvalue weighted by Gasteiger charge is 2.40. The van der Waals surface area contributed by atoms with Crippen molar-refractivity contribution in [1.29, 1.82) is 0 Å². The van der Waals surface area contributed by atoms with Crippen LogP contribution >= 0.6 is 15.9 Å². The molecule has 0 radical (unpaired) electrons. The van der Waals surface area contributed by atoms with Crippen LogP contribution in [-0.2, 0) is 5.41 Å². The van der Waals surface area contributed by atoms with Crippen LogP contribution in [0.15, 0.2) is 10.5 Å². The molecule has 0 heterocycles. The quantitative estimate of drug-likeness (QED) is 0.907. The number of hydrogen-bond acceptors (Lipinski definition) is 2. The van der Waals surface area contributed by atoms with Crippen molar-refractivity contribution in [3.05, 3.63) is 27.2 Å². The first-order valence-electron chi connectivity index (χ1n) is 6.53. The van der Waals surface area contributed by atoms with Crippen molar-refractivity contribution in [3.8, 4) is 5.75 Å². The zero-order chi connectivity index (χ0) is 13.5. The van der Waals surface area contributed by atoms with E-state index in [1.54, 1.807) is 7.11 Å². The van der Waals surface area contributed by atoms with Gasteiger partial charge in [-0.15, -0.1) is 0 Å². The van der Waals surface area contributed by atoms with Gasteiger partial charge in [0.2, 0.25) is 0 Å². The van der Waals surface area contributed by atoms with Crippen molar-refractivity contribution in [2.24, 2.45) is 0 Å². The molecule has 1 N–H and O–H groups in total. The van der Waals surface area contributed by atoms with Gasteiger partial charge >= 0.3 is 0 Å². The van der Waals surface area contributed by atoms with Crippen molar-refractivity contribution in [3.63, 3.8) is 0 Å². The molecule has 18 heavy (non-hydrogen) atoms. The van der Waals surface area contributed by atoms with E-state index in [-0.39, 0.29) is 5.41 Å². The first kappa shape index (κ1) is 13.9. The number of nitrogens with one attached hydrogen (secondary N) is 1. The lowest BCUT2D eigenvalue weighted by Gasteiger charge is -2.22. The van der Waals surface area contributed by atoms with E-state index in [4.69, 9.17) is 4.74 Å². The third kappa shape index (κ3) is 2.08. The fourth-order valence-corrected chi connectivity index (χ4v) is 3.70. The fourth-order valence-electron chi connectivity index (χ4n) is 3.11. The maximum atomic E-state index is 5.61. The average Bonchev–Trinajstić information content (AvgIpc) is 2.56. The number of benzene rings is 1. The summed E-state index contributed by atoms with van der Waals surface area (Å²) in [6.45, 7) is 9.87. The second-order valence-corrected chi connectivity index (χ2v) is 6.49. The molecule has 2 nitrogen and oxygen atoms in total. The third-order valence-corrected chi connectivity index (χ3v) is 4.91. The molecule has 0 bridgehead atoms. The van der Waals surface area contributed by atoms with E-state index in [0.717, 1.165) is 18.7 Å². The van der Waals surface area contributed by atoms with Gasteiger partial charge in [0.25, 0.3) is 0 Å². The minimum Gasteiger partial charge on any atom is -0.496 e. The Hall–Kier alpha value is -0.540. The number of rotatable bonds is 3. The molecule has 0 saturated heterocycles. The van der Waals surface area contributed by atoms with Crippen molar-refractivity contribution >= 4 is 15.9 Å². The van der Waals surface area contributed by atoms with E-state index < -0.39 is 0 Å². The van der Waals surface area contributed by atoms with Crippen molar-refractivity contribution in [2.75, 3.05) is 13.7 Å². The van der Waals surface area contributed by atoms with Gasteiger partial charge in [-0.05, 0) is 42.5 Å². The van der Waals surface area contributed by atoms with Gasteiger partial charge in [0.1, 0.15) is 5.75 Å². The summed E-state index contributed by atoms with van der Waals surface area (Å²) in [6, 6.07) is 2.56. The Morgan fingerprint density at radius 3 is 2.72 bits per heavy atom. The lowest BCUT2D eigenvalue weighted by molar-refractivity contribution is 0.387. The van der Waals surface area contributed by atoms with Crippen LogP contribution in [0.5, 0.6) is 5.75 Å². The molecule has 0 aromatic heterocycles. The molecule has 1 atom stereocenters. The molecule has 2 rings (SSSR count). The van der Waals surface area contributed by atoms with E-state index in [1.807, 2.05) is 0 Å². The van der Waals surface area contributed by atoms with E-state index in [0.29, 0.717) is 6.04 Å². The largest absolute Gasteiger partial charge is 0.496 e. The molecule has 1 aromatic carbocycles. The normalized spacial score (nSPS) is 20.9. The Bertz CT molecular complexity index is 468. The molecule has 0 amide bonds. The third-order valence-electron chi connectivity index (χ3n) is 3.86. The van der Waals surface area contributed by atoms with Crippen LogP contribution in [0.3, 0.4) is 0 Å². The Kier molecular flexibility index (Phi) is 3.75. The summed E-state index contributed by atoms with van der Waals surface area (Å²) in [7, 11) is 1.76. The molecule has 0 saturated carbocycles. The molecule has 1 aromatic rings. The predicted octanol–water partition coefficient (Wildman–Crippen LogP) is 4.10. The highest BCUT2D eigenvalue weighted by Crippen LogP contribution is 2.52. The molecule has 3 heteroatoms. The highest BCUT2D eigenvalue weighted by molar-refractivity contribution is 9.10. The van der Waals surface area contributed by atoms with Crippen molar-refractivity contribution in [1.82, 2.24) is 5.32 Å². The zero-order valence-corrected chi connectivity index (χ0v) is 13.4. The van der Waals surface area contributed by atoms with Crippen LogP contribution in [-0.4, -0.2) is 13.7 Å². The number of aryl methyl sites for hydroxylation is 1. The summed E-state index contributed by atoms with van der Waals surface area (Å²) in [5, 5.41) is 3.59. The van der Waals surface area contributed by atoms with Crippen LogP contribution in [0.25, 0.3) is 0 Å². The first-order chi connectivity index (χ1) is 8.42. The number of halogens is 1. The number of methoxy groups -OCH3 is 1. The molecular weight excluding hydrogens is 290 g/mol. The summed E-state index contributed by atoms with van der Waals surface area (Å²) in [4.78, 5) is 0. The number of ether oxygens (including phenoxy) is 1. The van der Waals surface area contributed by atoms with Gasteiger partial charge in [-0.25, -0.2) is 0 Å². The van der Waals surface area contributed by atoms with Gasteiger partial charge < -0.3 is 10.1 Å². The topological polar surface area (TPSA) is 21.3 Å². The molecule has 100 valence electrons. The second kappa shape index (κ2) is 4.86. The Morgan fingerprint density at radius 1 is 1.50 bits per heavy atom. The Morgan fingerprint density at radius 2 is 2.17 bits per heavy atom. The van der Waals surface area contributed by atoms with Gasteiger partial charge in [0.15, 0.2) is 0 Å². The summed E-state index contributed by atoms with van der Waals surface area (Å²) in [5.41, 5.74) is 4.14. The summed E-state index contributed by atoms with van der Waals surface area (Å²) >= 11 is 3.76. The van der Waals surface area contributed by atoms with Crippen LogP contribution in [0.2, 0.25) is 0 Å². The Labute approximate surface area is 118 Å². The fraction of sp³-hybridized carbons (Fsp3) is 0.600. The highest BCUT2D eigenvalue weighted by atomic mass is 79.9. The number of fused-ring (bicyclic) bond motifs is 1. The van der Waals surface area contributed by atoms with Gasteiger partial charge in [-0.1, -0.05) is 36.7 Å². The lowest BCUT2D eigenvalue weighted by Crippen LogP contribution is -2.21. The molecule has 0 spiro atoms. The SMILES string of the molecule is CCNC1CC(C)(C)c2c(OC)cc(C)c(Br)c21. The minimum atomic E-state index is 0.156. The molecule has 1 unspecified atom stereocenters. The van der Waals surface area contributed by atoms with E-state index in [2.05, 4.69) is 55.0 Å². The van der Waals surface area contributed by atoms with Crippen molar-refractivity contribution < 1.29 is 4.74 Å². The Balaban J connectivity index is 2.66. The monoisotopic (exact) mass is 311 g/mol. The van der Waals surface area contributed by atoms with E-state index >= 15 is 0 Å². The zero-order valence-electron chi connectivity index (χ0n) is 11.9. The molecular formula is C15H22BrNO. The summed E-state index contributed by atoms with van der Waals surface area (Å²) in [6.07, 6.45) is 1.12. The molecule has 0 fully saturated rings. The smallest absolute Gasteiger partial charge is 0.123 e. The van der Waals surface area contributed by atoms with Gasteiger partial charge in [-0.2, -0.15) is 0 Å². The predicted molar refractivity (Wildman–Crippen MR) is 79.5 cm³/mol. The van der Waals surface area contributed by atoms with Crippen LogP contribution in [0, 0.1) is 6.92 Å². The van der Waals surface area contributed by atoms with E-state index in [1.165, 1.54) is 21.2 Å².